The van der Waals surface area contributed by atoms with Crippen LogP contribution >= 0.6 is 12.2 Å². The second-order valence-corrected chi connectivity index (χ2v) is 7.59. The molecule has 3 N–H and O–H groups in total. The Balaban J connectivity index is 1.75. The Bertz CT molecular complexity index is 1260. The molecule has 2 aromatic carbocycles. The Morgan fingerprint density at radius 1 is 1.18 bits per heavy atom. The summed E-state index contributed by atoms with van der Waals surface area (Å²) in [6, 6.07) is 12.0. The number of aromatic hydroxyl groups is 2. The van der Waals surface area contributed by atoms with Crippen molar-refractivity contribution in [2.45, 2.75) is 32.2 Å². The summed E-state index contributed by atoms with van der Waals surface area (Å²) in [6.45, 7) is 1.95. The van der Waals surface area contributed by atoms with E-state index in [1.54, 1.807) is 6.07 Å². The van der Waals surface area contributed by atoms with Gasteiger partial charge in [-0.2, -0.15) is 5.10 Å². The predicted molar refractivity (Wildman–Crippen MR) is 111 cm³/mol. The number of phenolic OH excluding ortho intramolecular Hbond substituents is 2. The monoisotopic (exact) mass is 392 g/mol. The summed E-state index contributed by atoms with van der Waals surface area (Å²) in [4.78, 5) is 0. The quantitative estimate of drug-likeness (QED) is 0.433. The third-order valence-electron chi connectivity index (χ3n) is 5.41. The van der Waals surface area contributed by atoms with Gasteiger partial charge >= 0.3 is 0 Å². The van der Waals surface area contributed by atoms with E-state index in [0.717, 1.165) is 16.6 Å². The lowest BCUT2D eigenvalue weighted by molar-refractivity contribution is 0.447. The third kappa shape index (κ3) is 2.54. The van der Waals surface area contributed by atoms with E-state index >= 15 is 0 Å². The summed E-state index contributed by atoms with van der Waals surface area (Å²) in [6.07, 6.45) is 5.20. The number of hydrogen-bond acceptors (Lipinski definition) is 4. The van der Waals surface area contributed by atoms with Crippen LogP contribution in [-0.2, 0) is 6.42 Å². The summed E-state index contributed by atoms with van der Waals surface area (Å²) in [7, 11) is 0. The van der Waals surface area contributed by atoms with Crippen LogP contribution in [0.25, 0.3) is 28.0 Å². The number of nitrogens with one attached hydrogen (secondary N) is 1. The fourth-order valence-corrected chi connectivity index (χ4v) is 4.05. The van der Waals surface area contributed by atoms with E-state index in [-0.39, 0.29) is 11.5 Å². The Hall–Kier alpha value is -3.06. The summed E-state index contributed by atoms with van der Waals surface area (Å²) in [5, 5.41) is 28.8. The number of aromatic nitrogens is 4. The summed E-state index contributed by atoms with van der Waals surface area (Å²) >= 11 is 5.53. The molecule has 6 nitrogen and oxygen atoms in total. The van der Waals surface area contributed by atoms with Crippen LogP contribution < -0.4 is 0 Å². The predicted octanol–water partition coefficient (Wildman–Crippen LogP) is 4.86. The molecule has 0 saturated heterocycles. The molecule has 1 aliphatic rings. The third-order valence-corrected chi connectivity index (χ3v) is 5.69. The molecule has 0 amide bonds. The molecule has 1 aliphatic carbocycles. The van der Waals surface area contributed by atoms with Crippen LogP contribution in [0.2, 0.25) is 0 Å². The first-order chi connectivity index (χ1) is 13.6. The van der Waals surface area contributed by atoms with Gasteiger partial charge in [-0.3, -0.25) is 9.67 Å². The highest BCUT2D eigenvalue weighted by atomic mass is 32.1. The molecule has 4 aromatic rings. The molecule has 1 fully saturated rings. The molecular formula is C21H20N4O2S. The highest BCUT2D eigenvalue weighted by Gasteiger charge is 2.25. The lowest BCUT2D eigenvalue weighted by Crippen LogP contribution is -2.00. The fourth-order valence-electron chi connectivity index (χ4n) is 3.82. The molecule has 142 valence electrons. The van der Waals surface area contributed by atoms with E-state index in [2.05, 4.69) is 33.1 Å². The van der Waals surface area contributed by atoms with Gasteiger partial charge in [0, 0.05) is 23.7 Å². The molecule has 5 rings (SSSR count). The number of aryl methyl sites for hydroxylation is 1. The van der Waals surface area contributed by atoms with Crippen LogP contribution in [-0.4, -0.2) is 29.5 Å². The molecule has 0 spiro atoms. The molecule has 1 saturated carbocycles. The maximum absolute atomic E-state index is 10.5. The van der Waals surface area contributed by atoms with Gasteiger partial charge in [0.05, 0.1) is 16.8 Å². The number of aromatic amines is 1. The first-order valence-corrected chi connectivity index (χ1v) is 9.82. The maximum atomic E-state index is 10.5. The van der Waals surface area contributed by atoms with Crippen molar-refractivity contribution in [1.82, 2.24) is 19.3 Å². The number of H-pyrrole nitrogens is 1. The second kappa shape index (κ2) is 6.24. The minimum atomic E-state index is -0.0346. The smallest absolute Gasteiger partial charge is 0.200 e. The van der Waals surface area contributed by atoms with Crippen LogP contribution in [0.1, 0.15) is 31.4 Å². The second-order valence-electron chi connectivity index (χ2n) is 7.20. The van der Waals surface area contributed by atoms with Crippen molar-refractivity contribution in [1.29, 1.82) is 0 Å². The van der Waals surface area contributed by atoms with Crippen molar-refractivity contribution in [3.05, 3.63) is 52.9 Å². The number of hydrogen-bond donors (Lipinski definition) is 3. The maximum Gasteiger partial charge on any atom is 0.200 e. The Labute approximate surface area is 166 Å². The molecule has 28 heavy (non-hydrogen) atoms. The van der Waals surface area contributed by atoms with Crippen molar-refractivity contribution in [3.8, 4) is 28.6 Å². The van der Waals surface area contributed by atoms with E-state index in [1.807, 2.05) is 23.6 Å². The number of fused-ring (bicyclic) bond motifs is 1. The lowest BCUT2D eigenvalue weighted by atomic mass is 10.1. The molecule has 0 radical (unpaired) electrons. The number of rotatable bonds is 4. The van der Waals surface area contributed by atoms with E-state index in [0.29, 0.717) is 28.6 Å². The van der Waals surface area contributed by atoms with Gasteiger partial charge in [0.2, 0.25) is 0 Å². The first-order valence-electron chi connectivity index (χ1n) is 9.41. The van der Waals surface area contributed by atoms with Crippen molar-refractivity contribution in [2.24, 2.45) is 0 Å². The molecule has 0 bridgehead atoms. The van der Waals surface area contributed by atoms with Crippen molar-refractivity contribution >= 4 is 23.1 Å². The van der Waals surface area contributed by atoms with E-state index in [4.69, 9.17) is 12.2 Å². The normalized spacial score (nSPS) is 14.0. The van der Waals surface area contributed by atoms with Gasteiger partial charge in [-0.25, -0.2) is 0 Å². The van der Waals surface area contributed by atoms with Gasteiger partial charge in [0.1, 0.15) is 11.5 Å². The molecular weight excluding hydrogens is 372 g/mol. The SMILES string of the molecule is CCc1cc(-c2n[nH]c(=S)n2-c2cccc3c2ccn3C2CC2)c(O)cc1O. The first kappa shape index (κ1) is 17.1. The van der Waals surface area contributed by atoms with Crippen LogP contribution in [0.5, 0.6) is 11.5 Å². The van der Waals surface area contributed by atoms with Gasteiger partial charge in [-0.15, -0.1) is 0 Å². The molecule has 2 aromatic heterocycles. The van der Waals surface area contributed by atoms with Gasteiger partial charge in [0.25, 0.3) is 0 Å². The number of benzene rings is 2. The van der Waals surface area contributed by atoms with Crippen molar-refractivity contribution in [2.75, 3.05) is 0 Å². The van der Waals surface area contributed by atoms with Gasteiger partial charge in [0.15, 0.2) is 10.6 Å². The minimum absolute atomic E-state index is 0.0346. The summed E-state index contributed by atoms with van der Waals surface area (Å²) in [5.41, 5.74) is 3.35. The largest absolute Gasteiger partial charge is 0.508 e. The molecule has 7 heteroatoms. The minimum Gasteiger partial charge on any atom is -0.508 e. The lowest BCUT2D eigenvalue weighted by Gasteiger charge is -2.12. The zero-order chi connectivity index (χ0) is 19.4. The highest BCUT2D eigenvalue weighted by molar-refractivity contribution is 7.71. The Kier molecular flexibility index (Phi) is 3.80. The van der Waals surface area contributed by atoms with E-state index < -0.39 is 0 Å². The standard InChI is InChI=1S/C21H20N4O2S/c1-2-12-10-15(19(27)11-18(12)26)20-22-23-21(28)25(20)17-5-3-4-16-14(17)8-9-24(16)13-6-7-13/h3-5,8-11,13,26-27H,2,6-7H2,1H3,(H,23,28). The Morgan fingerprint density at radius 2 is 2.00 bits per heavy atom. The molecule has 0 aliphatic heterocycles. The molecule has 0 unspecified atom stereocenters. The van der Waals surface area contributed by atoms with Crippen LogP contribution in [0, 0.1) is 4.77 Å². The highest BCUT2D eigenvalue weighted by Crippen LogP contribution is 2.40. The fraction of sp³-hybridized carbons (Fsp3) is 0.238. The number of phenols is 2. The summed E-state index contributed by atoms with van der Waals surface area (Å²) in [5.74, 6) is 0.560. The number of nitrogens with zero attached hydrogens (tertiary/aromatic N) is 3. The molecule has 2 heterocycles. The van der Waals surface area contributed by atoms with E-state index in [1.165, 1.54) is 24.4 Å². The van der Waals surface area contributed by atoms with Crippen LogP contribution in [0.4, 0.5) is 0 Å². The van der Waals surface area contributed by atoms with Crippen molar-refractivity contribution in [3.63, 3.8) is 0 Å². The van der Waals surface area contributed by atoms with Crippen LogP contribution in [0.15, 0.2) is 42.6 Å². The Morgan fingerprint density at radius 3 is 2.75 bits per heavy atom. The summed E-state index contributed by atoms with van der Waals surface area (Å²) < 4.78 is 4.61. The topological polar surface area (TPSA) is 79.0 Å². The average Bonchev–Trinajstić information content (AvgIpc) is 3.32. The van der Waals surface area contributed by atoms with E-state index in [9.17, 15) is 10.2 Å². The van der Waals surface area contributed by atoms with Gasteiger partial charge in [-0.05, 0) is 61.3 Å². The average molecular weight is 392 g/mol. The van der Waals surface area contributed by atoms with Crippen molar-refractivity contribution < 1.29 is 10.2 Å². The van der Waals surface area contributed by atoms with Crippen LogP contribution in [0.3, 0.4) is 0 Å². The molecule has 0 atom stereocenters. The zero-order valence-electron chi connectivity index (χ0n) is 15.4. The van der Waals surface area contributed by atoms with Gasteiger partial charge in [-0.1, -0.05) is 13.0 Å². The van der Waals surface area contributed by atoms with Gasteiger partial charge < -0.3 is 14.8 Å². The zero-order valence-corrected chi connectivity index (χ0v) is 16.2.